The summed E-state index contributed by atoms with van der Waals surface area (Å²) < 4.78 is 2.66. The highest BCUT2D eigenvalue weighted by molar-refractivity contribution is 7.26. The summed E-state index contributed by atoms with van der Waals surface area (Å²) in [5.74, 6) is 0. The van der Waals surface area contributed by atoms with Gasteiger partial charge in [0.1, 0.15) is 0 Å². The van der Waals surface area contributed by atoms with Gasteiger partial charge in [0.05, 0.1) is 0 Å². The van der Waals surface area contributed by atoms with Crippen molar-refractivity contribution in [3.05, 3.63) is 224 Å². The van der Waals surface area contributed by atoms with E-state index < -0.39 is 0 Å². The smallest absolute Gasteiger partial charge is 0.0467 e. The van der Waals surface area contributed by atoms with Crippen LogP contribution in [-0.4, -0.2) is 0 Å². The predicted molar refractivity (Wildman–Crippen MR) is 251 cm³/mol. The minimum Gasteiger partial charge on any atom is -0.310 e. The number of thiophene rings is 1. The second-order valence-corrected chi connectivity index (χ2v) is 15.9. The average Bonchev–Trinajstić information content (AvgIpc) is 3.68. The van der Waals surface area contributed by atoms with Crippen molar-refractivity contribution in [1.82, 2.24) is 0 Å². The molecular weight excluding hydrogens is 719 g/mol. The molecule has 0 fully saturated rings. The highest BCUT2D eigenvalue weighted by Crippen LogP contribution is 2.43. The number of hydrogen-bond acceptors (Lipinski definition) is 2. The molecule has 0 saturated heterocycles. The molecule has 0 aliphatic heterocycles. The van der Waals surface area contributed by atoms with Crippen molar-refractivity contribution in [2.75, 3.05) is 4.90 Å². The van der Waals surface area contributed by atoms with E-state index in [2.05, 4.69) is 229 Å². The van der Waals surface area contributed by atoms with Crippen molar-refractivity contribution < 1.29 is 0 Å². The fourth-order valence-corrected chi connectivity index (χ4v) is 9.91. The first kappa shape index (κ1) is 34.0. The normalized spacial score (nSPS) is 11.4. The van der Waals surface area contributed by atoms with Crippen molar-refractivity contribution in [2.24, 2.45) is 0 Å². The molecule has 1 aromatic heterocycles. The summed E-state index contributed by atoms with van der Waals surface area (Å²) in [5, 5.41) is 7.63. The van der Waals surface area contributed by atoms with Gasteiger partial charge in [-0.2, -0.15) is 0 Å². The Morgan fingerprint density at radius 3 is 1.40 bits per heavy atom. The quantitative estimate of drug-likeness (QED) is 0.157. The monoisotopic (exact) mass is 755 g/mol. The van der Waals surface area contributed by atoms with E-state index in [1.807, 2.05) is 11.3 Å². The van der Waals surface area contributed by atoms with E-state index in [-0.39, 0.29) is 0 Å². The lowest BCUT2D eigenvalue weighted by atomic mass is 9.96. The Labute approximate surface area is 342 Å². The predicted octanol–water partition coefficient (Wildman–Crippen LogP) is 16.5. The van der Waals surface area contributed by atoms with Crippen LogP contribution in [-0.2, 0) is 0 Å². The number of anilines is 3. The molecule has 0 aliphatic carbocycles. The van der Waals surface area contributed by atoms with E-state index >= 15 is 0 Å². The van der Waals surface area contributed by atoms with Crippen LogP contribution in [0.1, 0.15) is 0 Å². The van der Waals surface area contributed by atoms with Crippen LogP contribution in [0.15, 0.2) is 224 Å². The fourth-order valence-electron chi connectivity index (χ4n) is 8.67. The molecule has 0 aliphatic rings. The lowest BCUT2D eigenvalue weighted by molar-refractivity contribution is 1.28. The van der Waals surface area contributed by atoms with Gasteiger partial charge in [-0.15, -0.1) is 11.3 Å². The maximum absolute atomic E-state index is 2.39. The number of fused-ring (bicyclic) bond motifs is 5. The molecule has 0 N–H and O–H groups in total. The van der Waals surface area contributed by atoms with E-state index in [9.17, 15) is 0 Å². The standard InChI is InChI=1S/C56H37NS/c1-3-23-48-39(13-1)15-10-26-50(48)43-19-8-21-46(36-43)57(47-22-9-20-44(37-47)51-27-11-16-40-14-2-4-24-49(40)51)45-33-31-38(32-34-45)41-17-7-18-42(35-41)52-28-12-29-54-53-25-5-6-30-55(53)58-56(52)54/h1-37H. The molecule has 0 unspecified atom stereocenters. The Hall–Kier alpha value is -7.26. The number of rotatable bonds is 7. The van der Waals surface area contributed by atoms with Gasteiger partial charge < -0.3 is 4.90 Å². The molecule has 0 atom stereocenters. The van der Waals surface area contributed by atoms with E-state index in [1.165, 1.54) is 86.2 Å². The first-order valence-corrected chi connectivity index (χ1v) is 20.6. The molecule has 272 valence electrons. The Morgan fingerprint density at radius 1 is 0.276 bits per heavy atom. The lowest BCUT2D eigenvalue weighted by Crippen LogP contribution is -2.10. The molecule has 0 bridgehead atoms. The van der Waals surface area contributed by atoms with Gasteiger partial charge in [0, 0.05) is 37.2 Å². The lowest BCUT2D eigenvalue weighted by Gasteiger charge is -2.27. The highest BCUT2D eigenvalue weighted by atomic mass is 32.1. The van der Waals surface area contributed by atoms with Gasteiger partial charge in [0.15, 0.2) is 0 Å². The highest BCUT2D eigenvalue weighted by Gasteiger charge is 2.17. The van der Waals surface area contributed by atoms with E-state index in [4.69, 9.17) is 0 Å². The van der Waals surface area contributed by atoms with Gasteiger partial charge in [-0.05, 0) is 115 Å². The van der Waals surface area contributed by atoms with Crippen LogP contribution in [0, 0.1) is 0 Å². The zero-order valence-electron chi connectivity index (χ0n) is 31.7. The van der Waals surface area contributed by atoms with Crippen LogP contribution in [0.2, 0.25) is 0 Å². The van der Waals surface area contributed by atoms with Gasteiger partial charge in [-0.3, -0.25) is 0 Å². The molecule has 58 heavy (non-hydrogen) atoms. The molecule has 1 nitrogen and oxygen atoms in total. The molecule has 11 rings (SSSR count). The van der Waals surface area contributed by atoms with Gasteiger partial charge in [-0.1, -0.05) is 176 Å². The summed E-state index contributed by atoms with van der Waals surface area (Å²) >= 11 is 1.88. The summed E-state index contributed by atoms with van der Waals surface area (Å²) in [6, 6.07) is 81.9. The SMILES string of the molecule is c1cc(-c2ccc(N(c3cccc(-c4cccc5ccccc45)c3)c3cccc(-c4cccc5ccccc45)c3)cc2)cc(-c2cccc3c2sc2ccccc23)c1. The second kappa shape index (κ2) is 14.4. The molecule has 2 heteroatoms. The largest absolute Gasteiger partial charge is 0.310 e. The minimum absolute atomic E-state index is 1.10. The fraction of sp³-hybridized carbons (Fsp3) is 0. The van der Waals surface area contributed by atoms with Gasteiger partial charge >= 0.3 is 0 Å². The molecule has 11 aromatic rings. The zero-order valence-corrected chi connectivity index (χ0v) is 32.5. The zero-order chi connectivity index (χ0) is 38.4. The Kier molecular flexibility index (Phi) is 8.42. The average molecular weight is 756 g/mol. The maximum Gasteiger partial charge on any atom is 0.0467 e. The third-order valence-corrected chi connectivity index (χ3v) is 12.7. The van der Waals surface area contributed by atoms with Crippen LogP contribution in [0.4, 0.5) is 17.1 Å². The minimum atomic E-state index is 1.10. The molecule has 0 amide bonds. The molecule has 0 radical (unpaired) electrons. The molecule has 0 spiro atoms. The third-order valence-electron chi connectivity index (χ3n) is 11.4. The summed E-state index contributed by atoms with van der Waals surface area (Å²) in [5.41, 5.74) is 13.0. The van der Waals surface area contributed by atoms with E-state index in [0.29, 0.717) is 0 Å². The van der Waals surface area contributed by atoms with Crippen LogP contribution in [0.25, 0.3) is 86.2 Å². The van der Waals surface area contributed by atoms with Crippen molar-refractivity contribution in [2.45, 2.75) is 0 Å². The van der Waals surface area contributed by atoms with Crippen LogP contribution in [0.3, 0.4) is 0 Å². The second-order valence-electron chi connectivity index (χ2n) is 14.9. The maximum atomic E-state index is 2.39. The summed E-state index contributed by atoms with van der Waals surface area (Å²) in [4.78, 5) is 2.39. The molecule has 1 heterocycles. The Morgan fingerprint density at radius 2 is 0.741 bits per heavy atom. The van der Waals surface area contributed by atoms with Crippen LogP contribution in [0.5, 0.6) is 0 Å². The van der Waals surface area contributed by atoms with Crippen LogP contribution >= 0.6 is 11.3 Å². The Balaban J connectivity index is 1.02. The first-order chi connectivity index (χ1) is 28.7. The van der Waals surface area contributed by atoms with Gasteiger partial charge in [0.2, 0.25) is 0 Å². The van der Waals surface area contributed by atoms with Gasteiger partial charge in [-0.25, -0.2) is 0 Å². The van der Waals surface area contributed by atoms with Crippen molar-refractivity contribution in [3.8, 4) is 44.5 Å². The van der Waals surface area contributed by atoms with Crippen molar-refractivity contribution in [3.63, 3.8) is 0 Å². The van der Waals surface area contributed by atoms with E-state index in [0.717, 1.165) is 17.1 Å². The van der Waals surface area contributed by atoms with Gasteiger partial charge in [0.25, 0.3) is 0 Å². The number of benzene rings is 10. The number of nitrogens with zero attached hydrogens (tertiary/aromatic N) is 1. The van der Waals surface area contributed by atoms with Crippen molar-refractivity contribution >= 4 is 70.1 Å². The third kappa shape index (κ3) is 6.03. The first-order valence-electron chi connectivity index (χ1n) is 19.8. The van der Waals surface area contributed by atoms with E-state index in [1.54, 1.807) is 0 Å². The summed E-state index contributed by atoms with van der Waals surface area (Å²) in [7, 11) is 0. The molecular formula is C56H37NS. The van der Waals surface area contributed by atoms with Crippen LogP contribution < -0.4 is 4.90 Å². The summed E-state index contributed by atoms with van der Waals surface area (Å²) in [6.45, 7) is 0. The van der Waals surface area contributed by atoms with Crippen molar-refractivity contribution in [1.29, 1.82) is 0 Å². The topological polar surface area (TPSA) is 3.24 Å². The number of hydrogen-bond donors (Lipinski definition) is 0. The molecule has 0 saturated carbocycles. The Bertz CT molecular complexity index is 3170. The molecule has 10 aromatic carbocycles. The summed E-state index contributed by atoms with van der Waals surface area (Å²) in [6.07, 6.45) is 0.